The number of carbonyl (C=O) groups is 1. The molecule has 10 nitrogen and oxygen atoms in total. The van der Waals surface area contributed by atoms with Crippen molar-refractivity contribution < 1.29 is 9.21 Å². The van der Waals surface area contributed by atoms with E-state index in [1.807, 2.05) is 109 Å². The standard InChI is InChI=1S/C34H26N8O2/c1-22-33(44-21-37-22)24-9-7-12-27(19-24)39-34-36-16-14-28(40-34)31-29-13-3-5-17-42(29)41-32(31)23-8-6-11-26(18-23)38-30(43)20-25-10-2-4-15-35-25/h2-19,21H,20H2,1H3,(H,38,43)(H,36,39,40). The number of anilines is 3. The average Bonchev–Trinajstić information content (AvgIpc) is 3.65. The minimum Gasteiger partial charge on any atom is -0.443 e. The summed E-state index contributed by atoms with van der Waals surface area (Å²) in [5, 5.41) is 11.2. The molecule has 1 amide bonds. The number of nitrogens with zero attached hydrogens (tertiary/aromatic N) is 6. The molecule has 0 bridgehead atoms. The number of fused-ring (bicyclic) bond motifs is 1. The highest BCUT2D eigenvalue weighted by Gasteiger charge is 2.19. The van der Waals surface area contributed by atoms with E-state index in [0.29, 0.717) is 23.0 Å². The quantitative estimate of drug-likeness (QED) is 0.203. The lowest BCUT2D eigenvalue weighted by molar-refractivity contribution is -0.115. The van der Waals surface area contributed by atoms with Gasteiger partial charge < -0.3 is 15.1 Å². The fraction of sp³-hybridized carbons (Fsp3) is 0.0588. The largest absolute Gasteiger partial charge is 0.443 e. The fourth-order valence-corrected chi connectivity index (χ4v) is 5.07. The highest BCUT2D eigenvalue weighted by molar-refractivity contribution is 5.95. The smallest absolute Gasteiger partial charge is 0.230 e. The SMILES string of the molecule is Cc1ncoc1-c1cccc(Nc2nccc(-c3c(-c4cccc(NC(=O)Cc5ccccn5)c4)nn4ccccc34)n2)c1. The van der Waals surface area contributed by atoms with Crippen molar-refractivity contribution in [1.82, 2.24) is 29.5 Å². The van der Waals surface area contributed by atoms with Crippen molar-refractivity contribution in [3.05, 3.63) is 127 Å². The van der Waals surface area contributed by atoms with Gasteiger partial charge in [-0.3, -0.25) is 9.78 Å². The van der Waals surface area contributed by atoms with E-state index >= 15 is 0 Å². The predicted octanol–water partition coefficient (Wildman–Crippen LogP) is 6.74. The molecule has 2 aromatic carbocycles. The minimum atomic E-state index is -0.148. The molecule has 0 atom stereocenters. The number of amides is 1. The Balaban J connectivity index is 1.21. The zero-order valence-electron chi connectivity index (χ0n) is 23.7. The van der Waals surface area contributed by atoms with Crippen molar-refractivity contribution in [1.29, 1.82) is 0 Å². The first-order chi connectivity index (χ1) is 21.6. The first-order valence-electron chi connectivity index (χ1n) is 14.0. The normalized spacial score (nSPS) is 11.0. The van der Waals surface area contributed by atoms with Gasteiger partial charge in [0.1, 0.15) is 5.69 Å². The summed E-state index contributed by atoms with van der Waals surface area (Å²) in [6, 6.07) is 28.8. The van der Waals surface area contributed by atoms with Crippen molar-refractivity contribution in [2.45, 2.75) is 13.3 Å². The zero-order valence-corrected chi connectivity index (χ0v) is 23.7. The number of aromatic nitrogens is 6. The Hall–Kier alpha value is -6.16. The number of rotatable bonds is 8. The molecule has 5 aromatic heterocycles. The Labute approximate surface area is 252 Å². The molecule has 44 heavy (non-hydrogen) atoms. The molecule has 0 aliphatic rings. The first-order valence-corrected chi connectivity index (χ1v) is 14.0. The molecular weight excluding hydrogens is 552 g/mol. The van der Waals surface area contributed by atoms with Crippen LogP contribution in [0.15, 0.2) is 120 Å². The van der Waals surface area contributed by atoms with Gasteiger partial charge >= 0.3 is 0 Å². The maximum Gasteiger partial charge on any atom is 0.230 e. The van der Waals surface area contributed by atoms with Crippen molar-refractivity contribution in [3.63, 3.8) is 0 Å². The van der Waals surface area contributed by atoms with Crippen LogP contribution >= 0.6 is 0 Å². The average molecular weight is 579 g/mol. The lowest BCUT2D eigenvalue weighted by Gasteiger charge is -2.10. The second-order valence-corrected chi connectivity index (χ2v) is 10.1. The van der Waals surface area contributed by atoms with E-state index in [4.69, 9.17) is 14.5 Å². The highest BCUT2D eigenvalue weighted by atomic mass is 16.3. The van der Waals surface area contributed by atoms with Gasteiger partial charge in [-0.15, -0.1) is 0 Å². The van der Waals surface area contributed by atoms with Crippen LogP contribution in [0.25, 0.3) is 39.4 Å². The summed E-state index contributed by atoms with van der Waals surface area (Å²) in [5.74, 6) is 1.00. The van der Waals surface area contributed by atoms with E-state index in [0.717, 1.165) is 45.0 Å². The third-order valence-corrected chi connectivity index (χ3v) is 7.07. The number of hydrogen-bond acceptors (Lipinski definition) is 8. The van der Waals surface area contributed by atoms with Crippen LogP contribution in [0.3, 0.4) is 0 Å². The predicted molar refractivity (Wildman–Crippen MR) is 168 cm³/mol. The van der Waals surface area contributed by atoms with Gasteiger partial charge in [0.05, 0.1) is 28.9 Å². The van der Waals surface area contributed by atoms with Gasteiger partial charge in [-0.25, -0.2) is 19.5 Å². The maximum absolute atomic E-state index is 12.7. The van der Waals surface area contributed by atoms with Crippen LogP contribution in [0.1, 0.15) is 11.4 Å². The summed E-state index contributed by atoms with van der Waals surface area (Å²) in [7, 11) is 0. The molecule has 0 radical (unpaired) electrons. The number of benzene rings is 2. The van der Waals surface area contributed by atoms with E-state index in [1.54, 1.807) is 12.4 Å². The van der Waals surface area contributed by atoms with E-state index < -0.39 is 0 Å². The van der Waals surface area contributed by atoms with Gasteiger partial charge in [-0.1, -0.05) is 36.4 Å². The Morgan fingerprint density at radius 3 is 2.52 bits per heavy atom. The minimum absolute atomic E-state index is 0.148. The summed E-state index contributed by atoms with van der Waals surface area (Å²) in [6.07, 6.45) is 6.93. The molecule has 2 N–H and O–H groups in total. The molecule has 5 heterocycles. The molecule has 0 aliphatic carbocycles. The van der Waals surface area contributed by atoms with E-state index in [1.165, 1.54) is 6.39 Å². The third kappa shape index (κ3) is 5.51. The van der Waals surface area contributed by atoms with Gasteiger partial charge in [0.2, 0.25) is 11.9 Å². The molecule has 7 aromatic rings. The lowest BCUT2D eigenvalue weighted by Crippen LogP contribution is -2.15. The number of nitrogens with one attached hydrogen (secondary N) is 2. The van der Waals surface area contributed by atoms with Gasteiger partial charge in [0.15, 0.2) is 12.2 Å². The molecule has 214 valence electrons. The van der Waals surface area contributed by atoms with E-state index in [-0.39, 0.29) is 12.3 Å². The van der Waals surface area contributed by atoms with Crippen LogP contribution in [-0.4, -0.2) is 35.5 Å². The summed E-state index contributed by atoms with van der Waals surface area (Å²) in [6.45, 7) is 1.91. The van der Waals surface area contributed by atoms with Crippen molar-refractivity contribution in [3.8, 4) is 33.8 Å². The van der Waals surface area contributed by atoms with Crippen molar-refractivity contribution in [2.75, 3.05) is 10.6 Å². The number of hydrogen-bond donors (Lipinski definition) is 2. The van der Waals surface area contributed by atoms with Crippen LogP contribution < -0.4 is 10.6 Å². The van der Waals surface area contributed by atoms with Crippen LogP contribution in [-0.2, 0) is 11.2 Å². The fourth-order valence-electron chi connectivity index (χ4n) is 5.07. The number of carbonyl (C=O) groups excluding carboxylic acids is 1. The number of pyridine rings is 2. The van der Waals surface area contributed by atoms with Crippen molar-refractivity contribution >= 4 is 28.7 Å². The zero-order chi connectivity index (χ0) is 29.9. The van der Waals surface area contributed by atoms with Crippen LogP contribution in [0.5, 0.6) is 0 Å². The Bertz CT molecular complexity index is 2100. The second kappa shape index (κ2) is 11.6. The molecule has 0 fully saturated rings. The second-order valence-electron chi connectivity index (χ2n) is 10.1. The van der Waals surface area contributed by atoms with Crippen LogP contribution in [0, 0.1) is 6.92 Å². The summed E-state index contributed by atoms with van der Waals surface area (Å²) in [5.41, 5.74) is 7.90. The molecule has 0 spiro atoms. The molecule has 10 heteroatoms. The van der Waals surface area contributed by atoms with Crippen LogP contribution in [0.2, 0.25) is 0 Å². The van der Waals surface area contributed by atoms with Gasteiger partial charge in [0.25, 0.3) is 0 Å². The van der Waals surface area contributed by atoms with Crippen molar-refractivity contribution in [2.24, 2.45) is 0 Å². The summed E-state index contributed by atoms with van der Waals surface area (Å²) < 4.78 is 7.40. The Morgan fingerprint density at radius 2 is 1.68 bits per heavy atom. The molecular formula is C34H26N8O2. The molecule has 0 saturated carbocycles. The van der Waals surface area contributed by atoms with E-state index in [2.05, 4.69) is 25.6 Å². The third-order valence-electron chi connectivity index (χ3n) is 7.07. The maximum atomic E-state index is 12.7. The van der Waals surface area contributed by atoms with Gasteiger partial charge in [0, 0.05) is 46.8 Å². The monoisotopic (exact) mass is 578 g/mol. The molecule has 0 unspecified atom stereocenters. The van der Waals surface area contributed by atoms with Gasteiger partial charge in [-0.05, 0) is 61.5 Å². The summed E-state index contributed by atoms with van der Waals surface area (Å²) in [4.78, 5) is 30.6. The number of oxazole rings is 1. The number of aryl methyl sites for hydroxylation is 1. The topological polar surface area (TPSA) is 123 Å². The summed E-state index contributed by atoms with van der Waals surface area (Å²) >= 11 is 0. The Kier molecular flexibility index (Phi) is 7.05. The Morgan fingerprint density at radius 1 is 0.841 bits per heavy atom. The molecule has 0 saturated heterocycles. The lowest BCUT2D eigenvalue weighted by atomic mass is 10.0. The molecule has 7 rings (SSSR count). The van der Waals surface area contributed by atoms with Crippen LogP contribution in [0.4, 0.5) is 17.3 Å². The first kappa shape index (κ1) is 26.7. The molecule has 0 aliphatic heterocycles. The van der Waals surface area contributed by atoms with Gasteiger partial charge in [-0.2, -0.15) is 5.10 Å². The van der Waals surface area contributed by atoms with E-state index in [9.17, 15) is 4.79 Å². The highest BCUT2D eigenvalue weighted by Crippen LogP contribution is 2.35.